The molecule has 0 bridgehead atoms. The summed E-state index contributed by atoms with van der Waals surface area (Å²) in [5.74, 6) is 1.06. The van der Waals surface area contributed by atoms with Gasteiger partial charge in [0, 0.05) is 37.7 Å². The summed E-state index contributed by atoms with van der Waals surface area (Å²) >= 11 is 0. The topological polar surface area (TPSA) is 76.6 Å². The zero-order valence-corrected chi connectivity index (χ0v) is 16.4. The van der Waals surface area contributed by atoms with Crippen LogP contribution in [-0.4, -0.2) is 43.2 Å². The fourth-order valence-electron chi connectivity index (χ4n) is 3.26. The molecule has 0 radical (unpaired) electrons. The molecule has 3 aromatic rings. The highest BCUT2D eigenvalue weighted by molar-refractivity contribution is 6.00. The van der Waals surface area contributed by atoms with E-state index in [4.69, 9.17) is 9.47 Å². The third-order valence-electron chi connectivity index (χ3n) is 4.86. The summed E-state index contributed by atoms with van der Waals surface area (Å²) in [5.41, 5.74) is 4.05. The molecule has 0 unspecified atom stereocenters. The summed E-state index contributed by atoms with van der Waals surface area (Å²) in [6, 6.07) is 9.52. The zero-order valence-electron chi connectivity index (χ0n) is 16.4. The molecule has 1 N–H and O–H groups in total. The average Bonchev–Trinajstić information content (AvgIpc) is 2.78. The van der Waals surface area contributed by atoms with E-state index in [0.29, 0.717) is 30.2 Å². The molecule has 0 spiro atoms. The van der Waals surface area contributed by atoms with Crippen molar-refractivity contribution in [2.75, 3.05) is 32.2 Å². The van der Waals surface area contributed by atoms with Gasteiger partial charge in [-0.2, -0.15) is 0 Å². The van der Waals surface area contributed by atoms with Crippen molar-refractivity contribution in [2.45, 2.75) is 6.54 Å². The molecule has 1 aromatic carbocycles. The van der Waals surface area contributed by atoms with Crippen LogP contribution in [0.3, 0.4) is 0 Å². The Bertz CT molecular complexity index is 1020. The first kappa shape index (κ1) is 18.7. The van der Waals surface area contributed by atoms with Crippen LogP contribution in [0.25, 0.3) is 11.1 Å². The van der Waals surface area contributed by atoms with E-state index in [-0.39, 0.29) is 5.91 Å². The second-order valence-electron chi connectivity index (χ2n) is 6.80. The second kappa shape index (κ2) is 8.18. The number of benzene rings is 1. The first-order valence-corrected chi connectivity index (χ1v) is 9.34. The van der Waals surface area contributed by atoms with E-state index in [1.807, 2.05) is 37.4 Å². The Balaban J connectivity index is 1.71. The number of carbonyl (C=O) groups is 1. The van der Waals surface area contributed by atoms with Crippen LogP contribution in [0.1, 0.15) is 15.9 Å². The number of nitrogens with zero attached hydrogens (tertiary/aromatic N) is 3. The molecule has 0 fully saturated rings. The highest BCUT2D eigenvalue weighted by Crippen LogP contribution is 2.39. The predicted octanol–water partition coefficient (Wildman–Crippen LogP) is 2.91. The number of methoxy groups -OCH3 is 1. The number of carbonyl (C=O) groups excluding carboxylic acids is 1. The Morgan fingerprint density at radius 1 is 1.21 bits per heavy atom. The van der Waals surface area contributed by atoms with E-state index in [0.717, 1.165) is 28.9 Å². The maximum Gasteiger partial charge on any atom is 0.255 e. The van der Waals surface area contributed by atoms with Crippen LogP contribution in [0, 0.1) is 0 Å². The molecule has 7 nitrogen and oxygen atoms in total. The molecule has 0 saturated carbocycles. The van der Waals surface area contributed by atoms with Crippen molar-refractivity contribution in [3.8, 4) is 22.6 Å². The number of amides is 1. The van der Waals surface area contributed by atoms with Crippen molar-refractivity contribution in [2.24, 2.45) is 0 Å². The minimum absolute atomic E-state index is 0.196. The van der Waals surface area contributed by atoms with Crippen molar-refractivity contribution < 1.29 is 14.3 Å². The number of hydrogen-bond donors (Lipinski definition) is 1. The van der Waals surface area contributed by atoms with Crippen LogP contribution in [0.4, 0.5) is 5.69 Å². The van der Waals surface area contributed by atoms with Gasteiger partial charge in [0.05, 0.1) is 31.1 Å². The van der Waals surface area contributed by atoms with Gasteiger partial charge in [-0.25, -0.2) is 0 Å². The normalized spacial score (nSPS) is 12.7. The Kier molecular flexibility index (Phi) is 5.29. The smallest absolute Gasteiger partial charge is 0.255 e. The van der Waals surface area contributed by atoms with Gasteiger partial charge in [-0.15, -0.1) is 0 Å². The molecular weight excluding hydrogens is 368 g/mol. The summed E-state index contributed by atoms with van der Waals surface area (Å²) in [4.78, 5) is 23.4. The summed E-state index contributed by atoms with van der Waals surface area (Å²) < 4.78 is 11.2. The fourth-order valence-corrected chi connectivity index (χ4v) is 3.26. The van der Waals surface area contributed by atoms with Gasteiger partial charge in [-0.1, -0.05) is 6.07 Å². The number of hydrogen-bond acceptors (Lipinski definition) is 6. The summed E-state index contributed by atoms with van der Waals surface area (Å²) in [5, 5.41) is 2.96. The molecule has 1 aliphatic rings. The van der Waals surface area contributed by atoms with Crippen LogP contribution < -0.4 is 19.7 Å². The first-order chi connectivity index (χ1) is 14.2. The molecule has 2 aromatic heterocycles. The Hall–Kier alpha value is -3.61. The van der Waals surface area contributed by atoms with Gasteiger partial charge in [0.1, 0.15) is 12.4 Å². The molecule has 0 saturated heterocycles. The van der Waals surface area contributed by atoms with Crippen LogP contribution >= 0.6 is 0 Å². The van der Waals surface area contributed by atoms with Gasteiger partial charge < -0.3 is 19.7 Å². The van der Waals surface area contributed by atoms with Crippen molar-refractivity contribution >= 4 is 11.6 Å². The number of fused-ring (bicyclic) bond motifs is 1. The largest absolute Gasteiger partial charge is 0.495 e. The second-order valence-corrected chi connectivity index (χ2v) is 6.80. The maximum absolute atomic E-state index is 13.0. The van der Waals surface area contributed by atoms with Crippen LogP contribution in [-0.2, 0) is 6.54 Å². The molecule has 148 valence electrons. The number of pyridine rings is 2. The zero-order chi connectivity index (χ0) is 20.2. The third kappa shape index (κ3) is 3.99. The van der Waals surface area contributed by atoms with Crippen LogP contribution in [0.2, 0.25) is 0 Å². The predicted molar refractivity (Wildman–Crippen MR) is 110 cm³/mol. The standard InChI is InChI=1S/C22H22N4O3/c1-26-6-7-29-21-19(22(27)25-12-15-4-3-5-23-11-15)9-16(10-20(21)26)17-8-18(28-2)14-24-13-17/h3-5,8-11,13-14H,6-7,12H2,1-2H3,(H,25,27). The van der Waals surface area contributed by atoms with E-state index in [1.165, 1.54) is 0 Å². The number of aromatic nitrogens is 2. The molecule has 3 heterocycles. The molecule has 4 rings (SSSR count). The number of anilines is 1. The minimum Gasteiger partial charge on any atom is -0.495 e. The monoisotopic (exact) mass is 390 g/mol. The van der Waals surface area contributed by atoms with Crippen molar-refractivity contribution in [3.63, 3.8) is 0 Å². The molecule has 7 heteroatoms. The third-order valence-corrected chi connectivity index (χ3v) is 4.86. The highest BCUT2D eigenvalue weighted by Gasteiger charge is 2.24. The van der Waals surface area contributed by atoms with E-state index >= 15 is 0 Å². The Morgan fingerprint density at radius 3 is 2.90 bits per heavy atom. The average molecular weight is 390 g/mol. The lowest BCUT2D eigenvalue weighted by Gasteiger charge is -2.29. The lowest BCUT2D eigenvalue weighted by Crippen LogP contribution is -2.31. The Labute approximate surface area is 169 Å². The lowest BCUT2D eigenvalue weighted by atomic mass is 10.0. The molecule has 1 aliphatic heterocycles. The SMILES string of the molecule is COc1cncc(-c2cc(C(=O)NCc3cccnc3)c3c(c2)N(C)CCO3)c1. The summed E-state index contributed by atoms with van der Waals surface area (Å²) in [6.45, 7) is 1.68. The van der Waals surface area contributed by atoms with E-state index in [2.05, 4.69) is 20.2 Å². The molecule has 0 atom stereocenters. The molecular formula is C22H22N4O3. The quantitative estimate of drug-likeness (QED) is 0.722. The van der Waals surface area contributed by atoms with Crippen LogP contribution in [0.5, 0.6) is 11.5 Å². The molecule has 0 aliphatic carbocycles. The van der Waals surface area contributed by atoms with Gasteiger partial charge in [0.25, 0.3) is 5.91 Å². The summed E-state index contributed by atoms with van der Waals surface area (Å²) in [6.07, 6.45) is 6.85. The number of likely N-dealkylation sites (N-methyl/N-ethyl adjacent to an activating group) is 1. The van der Waals surface area contributed by atoms with E-state index < -0.39 is 0 Å². The minimum atomic E-state index is -0.196. The van der Waals surface area contributed by atoms with Gasteiger partial charge in [0.15, 0.2) is 5.75 Å². The molecule has 29 heavy (non-hydrogen) atoms. The Morgan fingerprint density at radius 2 is 2.10 bits per heavy atom. The maximum atomic E-state index is 13.0. The lowest BCUT2D eigenvalue weighted by molar-refractivity contribution is 0.0946. The molecule has 1 amide bonds. The first-order valence-electron chi connectivity index (χ1n) is 9.34. The number of rotatable bonds is 5. The van der Waals surface area contributed by atoms with E-state index in [9.17, 15) is 4.79 Å². The van der Waals surface area contributed by atoms with Gasteiger partial charge in [-0.05, 0) is 35.4 Å². The van der Waals surface area contributed by atoms with E-state index in [1.54, 1.807) is 31.9 Å². The fraction of sp³-hybridized carbons (Fsp3) is 0.227. The number of ether oxygens (including phenoxy) is 2. The van der Waals surface area contributed by atoms with Gasteiger partial charge in [0.2, 0.25) is 0 Å². The number of nitrogens with one attached hydrogen (secondary N) is 1. The summed E-state index contributed by atoms with van der Waals surface area (Å²) in [7, 11) is 3.60. The van der Waals surface area contributed by atoms with Crippen molar-refractivity contribution in [3.05, 3.63) is 66.2 Å². The van der Waals surface area contributed by atoms with Crippen LogP contribution in [0.15, 0.2) is 55.1 Å². The van der Waals surface area contributed by atoms with Gasteiger partial charge >= 0.3 is 0 Å². The highest BCUT2D eigenvalue weighted by atomic mass is 16.5. The van der Waals surface area contributed by atoms with Crippen molar-refractivity contribution in [1.29, 1.82) is 0 Å². The van der Waals surface area contributed by atoms with Gasteiger partial charge in [-0.3, -0.25) is 14.8 Å². The van der Waals surface area contributed by atoms with Crippen molar-refractivity contribution in [1.82, 2.24) is 15.3 Å².